The van der Waals surface area contributed by atoms with Gasteiger partial charge in [-0.2, -0.15) is 0 Å². The Balaban J connectivity index is 1.19. The molecule has 0 aromatic heterocycles. The van der Waals surface area contributed by atoms with E-state index in [0.29, 0.717) is 46.2 Å². The van der Waals surface area contributed by atoms with E-state index >= 15 is 0 Å². The second-order valence-electron chi connectivity index (χ2n) is 14.0. The van der Waals surface area contributed by atoms with E-state index in [1.807, 2.05) is 12.1 Å². The minimum Gasteiger partial charge on any atom is -0.491 e. The van der Waals surface area contributed by atoms with E-state index < -0.39 is 5.41 Å². The van der Waals surface area contributed by atoms with Gasteiger partial charge in [0.05, 0.1) is 39.6 Å². The van der Waals surface area contributed by atoms with E-state index in [4.69, 9.17) is 28.4 Å². The summed E-state index contributed by atoms with van der Waals surface area (Å²) in [6, 6.07) is 53.7. The van der Waals surface area contributed by atoms with Gasteiger partial charge in [-0.3, -0.25) is 0 Å². The zero-order valence-electron chi connectivity index (χ0n) is 30.7. The lowest BCUT2D eigenvalue weighted by Gasteiger charge is -2.33. The van der Waals surface area contributed by atoms with Crippen LogP contribution >= 0.6 is 0 Å². The van der Waals surface area contributed by atoms with Gasteiger partial charge in [0.25, 0.3) is 0 Å². The van der Waals surface area contributed by atoms with E-state index in [2.05, 4.69) is 146 Å². The molecule has 6 heteroatoms. The van der Waals surface area contributed by atoms with E-state index in [-0.39, 0.29) is 12.2 Å². The van der Waals surface area contributed by atoms with Crippen LogP contribution < -0.4 is 9.47 Å². The highest BCUT2D eigenvalue weighted by molar-refractivity contribution is 5.75. The molecule has 0 amide bonds. The molecule has 0 radical (unpaired) electrons. The Morgan fingerprint density at radius 2 is 1.00 bits per heavy atom. The van der Waals surface area contributed by atoms with E-state index in [9.17, 15) is 0 Å². The lowest BCUT2D eigenvalue weighted by Crippen LogP contribution is -2.37. The van der Waals surface area contributed by atoms with Crippen molar-refractivity contribution >= 4 is 0 Å². The maximum absolute atomic E-state index is 6.42. The Hall–Kier alpha value is -5.24. The van der Waals surface area contributed by atoms with Crippen LogP contribution in [0.25, 0.3) is 33.4 Å². The topological polar surface area (TPSA) is 58.7 Å². The molecule has 6 aromatic rings. The first-order chi connectivity index (χ1) is 26.6. The van der Waals surface area contributed by atoms with Gasteiger partial charge in [0.15, 0.2) is 0 Å². The minimum absolute atomic E-state index is 0.159. The molecule has 6 aromatic carbocycles. The summed E-state index contributed by atoms with van der Waals surface area (Å²) in [6.07, 6.45) is 0.389. The van der Waals surface area contributed by atoms with Gasteiger partial charge in [0, 0.05) is 16.5 Å². The summed E-state index contributed by atoms with van der Waals surface area (Å²) >= 11 is 0. The quantitative estimate of drug-likeness (QED) is 0.0532. The molecular formula is C48H46O6. The normalized spacial score (nSPS) is 16.3. The van der Waals surface area contributed by atoms with Crippen molar-refractivity contribution in [3.05, 3.63) is 168 Å². The van der Waals surface area contributed by atoms with Crippen molar-refractivity contribution in [2.75, 3.05) is 52.9 Å². The van der Waals surface area contributed by atoms with Crippen LogP contribution in [0.15, 0.2) is 152 Å². The fourth-order valence-electron chi connectivity index (χ4n) is 7.01. The fraction of sp³-hybridized carbons (Fsp3) is 0.250. The summed E-state index contributed by atoms with van der Waals surface area (Å²) in [6.45, 7) is 6.92. The van der Waals surface area contributed by atoms with Crippen molar-refractivity contribution in [2.45, 2.75) is 24.5 Å². The predicted molar refractivity (Wildman–Crippen MR) is 213 cm³/mol. The average Bonchev–Trinajstić information content (AvgIpc) is 4.05. The second-order valence-corrected chi connectivity index (χ2v) is 14.0. The average molecular weight is 719 g/mol. The third kappa shape index (κ3) is 8.28. The Bertz CT molecular complexity index is 2090. The molecule has 2 saturated heterocycles. The Labute approximate surface area is 318 Å². The molecule has 2 fully saturated rings. The Kier molecular flexibility index (Phi) is 11.2. The van der Waals surface area contributed by atoms with Crippen LogP contribution in [0.3, 0.4) is 0 Å². The largest absolute Gasteiger partial charge is 0.491 e. The van der Waals surface area contributed by atoms with Crippen molar-refractivity contribution in [2.24, 2.45) is 0 Å². The molecule has 6 nitrogen and oxygen atoms in total. The molecule has 0 aliphatic carbocycles. The number of hydrogen-bond acceptors (Lipinski definition) is 6. The Morgan fingerprint density at radius 3 is 1.50 bits per heavy atom. The van der Waals surface area contributed by atoms with Gasteiger partial charge in [0.2, 0.25) is 0 Å². The van der Waals surface area contributed by atoms with Crippen LogP contribution in [0.4, 0.5) is 0 Å². The highest BCUT2D eigenvalue weighted by Crippen LogP contribution is 2.45. The molecule has 8 rings (SSSR count). The van der Waals surface area contributed by atoms with Crippen molar-refractivity contribution < 1.29 is 28.4 Å². The first-order valence-corrected chi connectivity index (χ1v) is 18.9. The van der Waals surface area contributed by atoms with Crippen LogP contribution in [0.1, 0.15) is 23.6 Å². The molecule has 54 heavy (non-hydrogen) atoms. The van der Waals surface area contributed by atoms with Gasteiger partial charge in [-0.1, -0.05) is 127 Å². The standard InChI is InChI=1S/C48H46O6/c1-48(39-19-17-36(18-20-39)35-11-5-2-6-12-35,40-21-23-46(52-26-25-49-31-43-34-54-43)44(29-40)37-13-7-3-8-14-37)41-22-24-47(53-28-27-51-42-32-50-33-42)45(30-41)38-15-9-4-10-16-38/h2-24,29-30,42-43H,25-28,31-34H2,1H3. The number of rotatable bonds is 17. The molecule has 2 heterocycles. The monoisotopic (exact) mass is 718 g/mol. The summed E-state index contributed by atoms with van der Waals surface area (Å²) in [5.74, 6) is 1.65. The summed E-state index contributed by atoms with van der Waals surface area (Å²) in [5.41, 5.74) is 9.53. The highest BCUT2D eigenvalue weighted by atomic mass is 16.6. The van der Waals surface area contributed by atoms with Gasteiger partial charge in [0.1, 0.15) is 36.9 Å². The van der Waals surface area contributed by atoms with Gasteiger partial charge in [-0.25, -0.2) is 0 Å². The van der Waals surface area contributed by atoms with Crippen LogP contribution in [-0.4, -0.2) is 65.1 Å². The predicted octanol–water partition coefficient (Wildman–Crippen LogP) is 9.63. The van der Waals surface area contributed by atoms with Crippen molar-refractivity contribution in [3.8, 4) is 44.9 Å². The summed E-state index contributed by atoms with van der Waals surface area (Å²) in [7, 11) is 0. The van der Waals surface area contributed by atoms with Gasteiger partial charge < -0.3 is 28.4 Å². The van der Waals surface area contributed by atoms with E-state index in [0.717, 1.165) is 51.5 Å². The number of hydrogen-bond donors (Lipinski definition) is 0. The third-order valence-corrected chi connectivity index (χ3v) is 10.3. The van der Waals surface area contributed by atoms with Crippen molar-refractivity contribution in [1.29, 1.82) is 0 Å². The van der Waals surface area contributed by atoms with Crippen molar-refractivity contribution in [3.63, 3.8) is 0 Å². The smallest absolute Gasteiger partial charge is 0.127 e. The number of ether oxygens (including phenoxy) is 6. The SMILES string of the molecule is CC(c1ccc(-c2ccccc2)cc1)(c1ccc(OCCOCC2CO2)c(-c2ccccc2)c1)c1ccc(OCCOC2COC2)c(-c2ccccc2)c1. The maximum Gasteiger partial charge on any atom is 0.127 e. The molecule has 0 spiro atoms. The molecule has 0 bridgehead atoms. The van der Waals surface area contributed by atoms with E-state index in [1.54, 1.807) is 0 Å². The first kappa shape index (κ1) is 35.8. The van der Waals surface area contributed by atoms with Crippen LogP contribution in [0.5, 0.6) is 11.5 Å². The summed E-state index contributed by atoms with van der Waals surface area (Å²) in [4.78, 5) is 0. The summed E-state index contributed by atoms with van der Waals surface area (Å²) in [5, 5.41) is 0. The maximum atomic E-state index is 6.42. The molecule has 0 saturated carbocycles. The molecule has 2 atom stereocenters. The number of epoxide rings is 1. The Morgan fingerprint density at radius 1 is 0.519 bits per heavy atom. The van der Waals surface area contributed by atoms with Gasteiger partial charge >= 0.3 is 0 Å². The third-order valence-electron chi connectivity index (χ3n) is 10.3. The minimum atomic E-state index is -0.556. The second kappa shape index (κ2) is 16.8. The molecule has 2 aliphatic rings. The first-order valence-electron chi connectivity index (χ1n) is 18.9. The molecular weight excluding hydrogens is 673 g/mol. The van der Waals surface area contributed by atoms with Gasteiger partial charge in [-0.15, -0.1) is 0 Å². The zero-order chi connectivity index (χ0) is 36.6. The molecule has 2 aliphatic heterocycles. The van der Waals surface area contributed by atoms with Crippen LogP contribution in [0.2, 0.25) is 0 Å². The summed E-state index contributed by atoms with van der Waals surface area (Å²) < 4.78 is 35.1. The molecule has 2 unspecified atom stereocenters. The van der Waals surface area contributed by atoms with Crippen molar-refractivity contribution in [1.82, 2.24) is 0 Å². The van der Waals surface area contributed by atoms with E-state index in [1.165, 1.54) is 16.7 Å². The highest BCUT2D eigenvalue weighted by Gasteiger charge is 2.33. The number of benzene rings is 6. The lowest BCUT2D eigenvalue weighted by atomic mass is 9.70. The molecule has 0 N–H and O–H groups in total. The van der Waals surface area contributed by atoms with Crippen LogP contribution in [-0.2, 0) is 24.4 Å². The molecule has 274 valence electrons. The fourth-order valence-corrected chi connectivity index (χ4v) is 7.01. The van der Waals surface area contributed by atoms with Crippen LogP contribution in [0, 0.1) is 0 Å². The zero-order valence-corrected chi connectivity index (χ0v) is 30.7. The lowest BCUT2D eigenvalue weighted by molar-refractivity contribution is -0.132. The van der Waals surface area contributed by atoms with Gasteiger partial charge in [-0.05, 0) is 70.1 Å².